The number of hydrogen-bond donors (Lipinski definition) is 4. The van der Waals surface area contributed by atoms with Crippen molar-refractivity contribution >= 4 is 29.2 Å². The fourth-order valence-corrected chi connectivity index (χ4v) is 3.38. The summed E-state index contributed by atoms with van der Waals surface area (Å²) in [6.07, 6.45) is -0.131. The Labute approximate surface area is 197 Å². The lowest BCUT2D eigenvalue weighted by Crippen LogP contribution is -2.17. The highest BCUT2D eigenvalue weighted by Crippen LogP contribution is 2.24. The molecule has 0 aliphatic carbocycles. The summed E-state index contributed by atoms with van der Waals surface area (Å²) in [6.45, 7) is 0.986. The highest BCUT2D eigenvalue weighted by atomic mass is 16.5. The smallest absolute Gasteiger partial charge is 0.307 e. The number of aliphatic carboxylic acids is 1. The summed E-state index contributed by atoms with van der Waals surface area (Å²) in [4.78, 5) is 40.1. The second-order valence-corrected chi connectivity index (χ2v) is 7.57. The first kappa shape index (κ1) is 24.4. The van der Waals surface area contributed by atoms with Gasteiger partial charge in [-0.15, -0.1) is 0 Å². The minimum atomic E-state index is -0.998. The number of rotatable bonds is 11. The topological polar surface area (TPSA) is 144 Å². The molecule has 0 bridgehead atoms. The van der Waals surface area contributed by atoms with Crippen molar-refractivity contribution in [2.45, 2.75) is 12.8 Å². The molecule has 1 aromatic heterocycles. The van der Waals surface area contributed by atoms with Crippen LogP contribution in [-0.2, 0) is 27.2 Å². The second kappa shape index (κ2) is 11.6. The van der Waals surface area contributed by atoms with Crippen LogP contribution in [0.1, 0.15) is 21.6 Å². The van der Waals surface area contributed by atoms with Crippen LogP contribution in [0, 0.1) is 0 Å². The molecule has 9 nitrogen and oxygen atoms in total. The van der Waals surface area contributed by atoms with E-state index in [0.717, 1.165) is 11.1 Å². The Morgan fingerprint density at radius 1 is 1.03 bits per heavy atom. The van der Waals surface area contributed by atoms with Crippen LogP contribution >= 0.6 is 0 Å². The number of amides is 2. The molecule has 0 fully saturated rings. The van der Waals surface area contributed by atoms with Crippen molar-refractivity contribution in [3.63, 3.8) is 0 Å². The molecule has 176 valence electrons. The highest BCUT2D eigenvalue weighted by molar-refractivity contribution is 6.04. The number of pyridine rings is 1. The van der Waals surface area contributed by atoms with Crippen LogP contribution in [0.15, 0.2) is 60.7 Å². The Bertz CT molecular complexity index is 1200. The summed E-state index contributed by atoms with van der Waals surface area (Å²) in [5.41, 5.74) is 8.98. The number of carboxylic acids is 1. The SMILES string of the molecule is COCCNc1cc(C(=O)Nc2ccccc2CC(=O)O)nc(-c2cccc(CC(N)=O)c2)c1. The number of primary amides is 1. The van der Waals surface area contributed by atoms with Gasteiger partial charge >= 0.3 is 5.97 Å². The van der Waals surface area contributed by atoms with Crippen molar-refractivity contribution < 1.29 is 24.2 Å². The van der Waals surface area contributed by atoms with Crippen molar-refractivity contribution in [2.24, 2.45) is 5.73 Å². The van der Waals surface area contributed by atoms with Gasteiger partial charge in [-0.3, -0.25) is 14.4 Å². The van der Waals surface area contributed by atoms with Gasteiger partial charge in [0.25, 0.3) is 5.91 Å². The van der Waals surface area contributed by atoms with Gasteiger partial charge in [0, 0.05) is 30.6 Å². The minimum absolute atomic E-state index is 0.0906. The van der Waals surface area contributed by atoms with E-state index < -0.39 is 17.8 Å². The number of carbonyl (C=O) groups is 3. The van der Waals surface area contributed by atoms with Gasteiger partial charge < -0.3 is 26.2 Å². The maximum Gasteiger partial charge on any atom is 0.307 e. The number of methoxy groups -OCH3 is 1. The van der Waals surface area contributed by atoms with E-state index in [-0.39, 0.29) is 18.5 Å². The molecular weight excluding hydrogens is 436 g/mol. The van der Waals surface area contributed by atoms with Gasteiger partial charge in [0.15, 0.2) is 0 Å². The molecule has 3 aromatic rings. The summed E-state index contributed by atoms with van der Waals surface area (Å²) in [7, 11) is 1.59. The number of anilines is 2. The van der Waals surface area contributed by atoms with Crippen LogP contribution < -0.4 is 16.4 Å². The third kappa shape index (κ3) is 6.88. The molecule has 0 aliphatic rings. The zero-order valence-electron chi connectivity index (χ0n) is 18.7. The van der Waals surface area contributed by atoms with Gasteiger partial charge in [-0.25, -0.2) is 4.98 Å². The largest absolute Gasteiger partial charge is 0.481 e. The maximum absolute atomic E-state index is 13.1. The quantitative estimate of drug-likeness (QED) is 0.321. The summed E-state index contributed by atoms with van der Waals surface area (Å²) >= 11 is 0. The first-order valence-corrected chi connectivity index (χ1v) is 10.6. The summed E-state index contributed by atoms with van der Waals surface area (Å²) in [5, 5.41) is 15.1. The minimum Gasteiger partial charge on any atom is -0.481 e. The Hall–Kier alpha value is -4.24. The molecule has 0 spiro atoms. The zero-order valence-corrected chi connectivity index (χ0v) is 18.7. The van der Waals surface area contributed by atoms with Crippen molar-refractivity contribution in [1.29, 1.82) is 0 Å². The average molecular weight is 463 g/mol. The van der Waals surface area contributed by atoms with Gasteiger partial charge in [0.1, 0.15) is 5.69 Å². The van der Waals surface area contributed by atoms with Crippen LogP contribution in [0.3, 0.4) is 0 Å². The maximum atomic E-state index is 13.1. The molecule has 0 unspecified atom stereocenters. The number of benzene rings is 2. The molecule has 0 radical (unpaired) electrons. The van der Waals surface area contributed by atoms with Gasteiger partial charge in [-0.2, -0.15) is 0 Å². The third-order valence-electron chi connectivity index (χ3n) is 4.90. The van der Waals surface area contributed by atoms with E-state index in [0.29, 0.717) is 35.8 Å². The van der Waals surface area contributed by atoms with Gasteiger partial charge in [0.05, 0.1) is 25.1 Å². The van der Waals surface area contributed by atoms with Crippen LogP contribution in [-0.4, -0.2) is 48.1 Å². The van der Waals surface area contributed by atoms with Crippen molar-refractivity contribution in [2.75, 3.05) is 30.9 Å². The molecule has 34 heavy (non-hydrogen) atoms. The molecule has 2 amide bonds. The number of nitrogens with zero attached hydrogens (tertiary/aromatic N) is 1. The highest BCUT2D eigenvalue weighted by Gasteiger charge is 2.15. The van der Waals surface area contributed by atoms with Crippen molar-refractivity contribution in [3.05, 3.63) is 77.5 Å². The fourth-order valence-electron chi connectivity index (χ4n) is 3.38. The van der Waals surface area contributed by atoms with Crippen LogP contribution in [0.25, 0.3) is 11.3 Å². The van der Waals surface area contributed by atoms with Gasteiger partial charge in [-0.1, -0.05) is 36.4 Å². The summed E-state index contributed by atoms with van der Waals surface area (Å²) < 4.78 is 5.08. The number of nitrogens with two attached hydrogens (primary N) is 1. The molecule has 9 heteroatoms. The van der Waals surface area contributed by atoms with E-state index in [4.69, 9.17) is 15.6 Å². The molecular formula is C25H26N4O5. The van der Waals surface area contributed by atoms with Crippen molar-refractivity contribution in [1.82, 2.24) is 4.98 Å². The predicted molar refractivity (Wildman–Crippen MR) is 129 cm³/mol. The number of nitrogens with one attached hydrogen (secondary N) is 2. The molecule has 2 aromatic carbocycles. The normalized spacial score (nSPS) is 10.5. The monoisotopic (exact) mass is 462 g/mol. The molecule has 5 N–H and O–H groups in total. The lowest BCUT2D eigenvalue weighted by Gasteiger charge is -2.13. The van der Waals surface area contributed by atoms with Gasteiger partial charge in [0.2, 0.25) is 5.91 Å². The van der Waals surface area contributed by atoms with Crippen LogP contribution in [0.5, 0.6) is 0 Å². The molecule has 0 saturated carbocycles. The van der Waals surface area contributed by atoms with Crippen molar-refractivity contribution in [3.8, 4) is 11.3 Å². The number of carboxylic acid groups (broad SMARTS) is 1. The first-order valence-electron chi connectivity index (χ1n) is 10.6. The lowest BCUT2D eigenvalue weighted by molar-refractivity contribution is -0.136. The number of carbonyl (C=O) groups excluding carboxylic acids is 2. The standard InChI is InChI=1S/C25H26N4O5/c1-34-10-9-27-19-14-21(17-7-4-5-16(11-17)12-23(26)30)28-22(15-19)25(33)29-20-8-3-2-6-18(20)13-24(31)32/h2-8,11,14-15H,9-10,12-13H2,1H3,(H2,26,30)(H,27,28)(H,29,33)(H,31,32). The van der Waals surface area contributed by atoms with E-state index >= 15 is 0 Å². The lowest BCUT2D eigenvalue weighted by atomic mass is 10.0. The molecule has 0 atom stereocenters. The Morgan fingerprint density at radius 2 is 1.82 bits per heavy atom. The number of para-hydroxylation sites is 1. The molecule has 3 rings (SSSR count). The third-order valence-corrected chi connectivity index (χ3v) is 4.90. The van der Waals surface area contributed by atoms with E-state index in [1.165, 1.54) is 0 Å². The molecule has 1 heterocycles. The van der Waals surface area contributed by atoms with Gasteiger partial charge in [-0.05, 0) is 35.4 Å². The number of ether oxygens (including phenoxy) is 1. The van der Waals surface area contributed by atoms with E-state index in [2.05, 4.69) is 15.6 Å². The Morgan fingerprint density at radius 3 is 2.56 bits per heavy atom. The zero-order chi connectivity index (χ0) is 24.5. The Kier molecular flexibility index (Phi) is 8.31. The summed E-state index contributed by atoms with van der Waals surface area (Å²) in [6, 6.07) is 17.3. The average Bonchev–Trinajstić information content (AvgIpc) is 2.80. The van der Waals surface area contributed by atoms with E-state index in [1.807, 2.05) is 6.07 Å². The second-order valence-electron chi connectivity index (χ2n) is 7.57. The number of aromatic nitrogens is 1. The van der Waals surface area contributed by atoms with E-state index in [9.17, 15) is 14.4 Å². The van der Waals surface area contributed by atoms with Crippen LogP contribution in [0.2, 0.25) is 0 Å². The Balaban J connectivity index is 1.95. The van der Waals surface area contributed by atoms with Crippen LogP contribution in [0.4, 0.5) is 11.4 Å². The number of hydrogen-bond acceptors (Lipinski definition) is 6. The summed E-state index contributed by atoms with van der Waals surface area (Å²) in [5.74, 6) is -1.93. The molecule has 0 aliphatic heterocycles. The fraction of sp³-hybridized carbons (Fsp3) is 0.200. The first-order chi connectivity index (χ1) is 16.4. The predicted octanol–water partition coefficient (Wildman–Crippen LogP) is 2.71. The molecule has 0 saturated heterocycles. The van der Waals surface area contributed by atoms with E-state index in [1.54, 1.807) is 61.7 Å².